The molecule has 22 heavy (non-hydrogen) atoms. The van der Waals surface area contributed by atoms with Gasteiger partial charge in [0.1, 0.15) is 0 Å². The SMILES string of the molecule is C[C@]12CCCCC1=CC(=O)[C@@H]1[C@@H]2CC[C@]2(C)C(=O)[C@H](Br)C[C@@H]12. The van der Waals surface area contributed by atoms with Crippen molar-refractivity contribution < 1.29 is 9.59 Å². The van der Waals surface area contributed by atoms with Crippen molar-refractivity contribution in [2.24, 2.45) is 28.6 Å². The van der Waals surface area contributed by atoms with Crippen molar-refractivity contribution in [3.8, 4) is 0 Å². The Bertz CT molecular complexity index is 580. The van der Waals surface area contributed by atoms with Gasteiger partial charge in [-0.1, -0.05) is 41.8 Å². The molecule has 0 spiro atoms. The van der Waals surface area contributed by atoms with Crippen LogP contribution in [0, 0.1) is 28.6 Å². The number of hydrogen-bond donors (Lipinski definition) is 0. The zero-order valence-electron chi connectivity index (χ0n) is 13.5. The zero-order chi connectivity index (χ0) is 15.7. The van der Waals surface area contributed by atoms with Gasteiger partial charge in [0.05, 0.1) is 4.83 Å². The summed E-state index contributed by atoms with van der Waals surface area (Å²) in [6.45, 7) is 4.51. The molecule has 3 fully saturated rings. The second kappa shape index (κ2) is 4.78. The number of allylic oxidation sites excluding steroid dienone is 2. The zero-order valence-corrected chi connectivity index (χ0v) is 15.1. The Labute approximate surface area is 141 Å². The van der Waals surface area contributed by atoms with E-state index in [1.165, 1.54) is 24.8 Å². The van der Waals surface area contributed by atoms with Crippen LogP contribution in [0.4, 0.5) is 0 Å². The van der Waals surface area contributed by atoms with Crippen LogP contribution in [-0.4, -0.2) is 16.4 Å². The van der Waals surface area contributed by atoms with Gasteiger partial charge in [-0.3, -0.25) is 9.59 Å². The summed E-state index contributed by atoms with van der Waals surface area (Å²) in [5.41, 5.74) is 1.35. The molecule has 2 nitrogen and oxygen atoms in total. The van der Waals surface area contributed by atoms with Gasteiger partial charge >= 0.3 is 0 Å². The Morgan fingerprint density at radius 3 is 2.64 bits per heavy atom. The number of Topliss-reactive ketones (excluding diaryl/α,β-unsaturated/α-hetero) is 1. The predicted octanol–water partition coefficient (Wildman–Crippen LogP) is 4.46. The highest BCUT2D eigenvalue weighted by molar-refractivity contribution is 9.10. The lowest BCUT2D eigenvalue weighted by molar-refractivity contribution is -0.139. The van der Waals surface area contributed by atoms with E-state index in [1.807, 2.05) is 6.08 Å². The van der Waals surface area contributed by atoms with E-state index in [9.17, 15) is 9.59 Å². The first-order valence-electron chi connectivity index (χ1n) is 8.81. The van der Waals surface area contributed by atoms with Crippen LogP contribution in [-0.2, 0) is 9.59 Å². The van der Waals surface area contributed by atoms with E-state index in [0.717, 1.165) is 25.7 Å². The Morgan fingerprint density at radius 2 is 1.86 bits per heavy atom. The number of ketones is 2. The normalized spacial score (nSPS) is 51.0. The van der Waals surface area contributed by atoms with E-state index in [-0.39, 0.29) is 27.5 Å². The molecule has 0 aliphatic heterocycles. The molecule has 0 aromatic carbocycles. The summed E-state index contributed by atoms with van der Waals surface area (Å²) in [7, 11) is 0. The maximum Gasteiger partial charge on any atom is 0.159 e. The summed E-state index contributed by atoms with van der Waals surface area (Å²) in [4.78, 5) is 25.5. The van der Waals surface area contributed by atoms with Crippen LogP contribution in [0.25, 0.3) is 0 Å². The van der Waals surface area contributed by atoms with Crippen molar-refractivity contribution in [2.75, 3.05) is 0 Å². The van der Waals surface area contributed by atoms with Gasteiger partial charge < -0.3 is 0 Å². The monoisotopic (exact) mass is 364 g/mol. The number of carbonyl (C=O) groups is 2. The fourth-order valence-electron chi connectivity index (χ4n) is 6.19. The van der Waals surface area contributed by atoms with Gasteiger partial charge in [-0.2, -0.15) is 0 Å². The lowest BCUT2D eigenvalue weighted by Gasteiger charge is -2.55. The fraction of sp³-hybridized carbons (Fsp3) is 0.789. The molecule has 0 radical (unpaired) electrons. The molecule has 0 N–H and O–H groups in total. The first-order chi connectivity index (χ1) is 10.4. The molecule has 0 aromatic rings. The summed E-state index contributed by atoms with van der Waals surface area (Å²) < 4.78 is 0. The van der Waals surface area contributed by atoms with E-state index < -0.39 is 0 Å². The third kappa shape index (κ3) is 1.78. The highest BCUT2D eigenvalue weighted by Crippen LogP contribution is 2.63. The van der Waals surface area contributed by atoms with E-state index in [1.54, 1.807) is 0 Å². The van der Waals surface area contributed by atoms with Gasteiger partial charge in [-0.15, -0.1) is 0 Å². The van der Waals surface area contributed by atoms with E-state index in [2.05, 4.69) is 29.8 Å². The molecule has 4 rings (SSSR count). The minimum atomic E-state index is -0.276. The molecular formula is C19H25BrO2. The second-order valence-electron chi connectivity index (χ2n) is 8.46. The molecule has 3 heteroatoms. The van der Waals surface area contributed by atoms with E-state index in [4.69, 9.17) is 0 Å². The molecule has 0 amide bonds. The molecule has 0 bridgehead atoms. The molecule has 3 saturated carbocycles. The molecule has 4 aliphatic carbocycles. The van der Waals surface area contributed by atoms with Gasteiger partial charge in [-0.05, 0) is 61.9 Å². The van der Waals surface area contributed by atoms with E-state index in [0.29, 0.717) is 17.5 Å². The number of rotatable bonds is 0. The smallest absolute Gasteiger partial charge is 0.159 e. The first kappa shape index (κ1) is 15.1. The standard InChI is InChI=1S/C19H25BrO2/c1-18-7-4-3-5-11(18)9-15(21)16-12(18)6-8-19(2)13(16)10-14(20)17(19)22/h9,12-14,16H,3-8,10H2,1-2H3/t12-,13-,14+,16+,18-,19-/m0/s1. The molecule has 0 heterocycles. The van der Waals surface area contributed by atoms with Crippen molar-refractivity contribution in [1.29, 1.82) is 0 Å². The fourth-order valence-corrected chi connectivity index (χ4v) is 7.12. The minimum Gasteiger partial charge on any atom is -0.298 e. The quantitative estimate of drug-likeness (QED) is 0.594. The largest absolute Gasteiger partial charge is 0.298 e. The van der Waals surface area contributed by atoms with E-state index >= 15 is 0 Å². The van der Waals surface area contributed by atoms with Crippen molar-refractivity contribution in [1.82, 2.24) is 0 Å². The van der Waals surface area contributed by atoms with Crippen LogP contribution < -0.4 is 0 Å². The number of hydrogen-bond acceptors (Lipinski definition) is 2. The Hall–Kier alpha value is -0.440. The minimum absolute atomic E-state index is 0.0430. The van der Waals surface area contributed by atoms with Crippen LogP contribution in [0.15, 0.2) is 11.6 Å². The van der Waals surface area contributed by atoms with Gasteiger partial charge in [0.2, 0.25) is 0 Å². The van der Waals surface area contributed by atoms with Crippen LogP contribution in [0.3, 0.4) is 0 Å². The van der Waals surface area contributed by atoms with Gasteiger partial charge in [0.25, 0.3) is 0 Å². The summed E-state index contributed by atoms with van der Waals surface area (Å²) in [6, 6.07) is 0. The Balaban J connectivity index is 1.78. The van der Waals surface area contributed by atoms with Gasteiger partial charge in [0.15, 0.2) is 11.6 Å². The van der Waals surface area contributed by atoms with Crippen molar-refractivity contribution >= 4 is 27.5 Å². The molecule has 0 saturated heterocycles. The second-order valence-corrected chi connectivity index (χ2v) is 9.56. The number of halogens is 1. The molecule has 0 aromatic heterocycles. The van der Waals surface area contributed by atoms with Gasteiger partial charge in [-0.25, -0.2) is 0 Å². The van der Waals surface area contributed by atoms with Crippen molar-refractivity contribution in [3.05, 3.63) is 11.6 Å². The topological polar surface area (TPSA) is 34.1 Å². The van der Waals surface area contributed by atoms with Crippen LogP contribution in [0.2, 0.25) is 0 Å². The molecule has 4 aliphatic rings. The lowest BCUT2D eigenvalue weighted by Crippen LogP contribution is -2.52. The Morgan fingerprint density at radius 1 is 1.09 bits per heavy atom. The lowest BCUT2D eigenvalue weighted by atomic mass is 9.48. The molecule has 120 valence electrons. The summed E-state index contributed by atoms with van der Waals surface area (Å²) in [6.07, 6.45) is 9.69. The molecular weight excluding hydrogens is 340 g/mol. The third-order valence-electron chi connectivity index (χ3n) is 7.56. The van der Waals surface area contributed by atoms with Crippen LogP contribution in [0.5, 0.6) is 0 Å². The average Bonchev–Trinajstić information content (AvgIpc) is 2.71. The average molecular weight is 365 g/mol. The van der Waals surface area contributed by atoms with Crippen molar-refractivity contribution in [3.63, 3.8) is 0 Å². The first-order valence-corrected chi connectivity index (χ1v) is 9.73. The predicted molar refractivity (Wildman–Crippen MR) is 89.8 cm³/mol. The summed E-state index contributed by atoms with van der Waals surface area (Å²) in [5, 5.41) is 0. The number of alkyl halides is 1. The Kier molecular flexibility index (Phi) is 3.28. The molecule has 0 unspecified atom stereocenters. The third-order valence-corrected chi connectivity index (χ3v) is 8.35. The maximum atomic E-state index is 12.9. The number of fused-ring (bicyclic) bond motifs is 5. The number of carbonyl (C=O) groups excluding carboxylic acids is 2. The van der Waals surface area contributed by atoms with Crippen LogP contribution >= 0.6 is 15.9 Å². The highest BCUT2D eigenvalue weighted by atomic mass is 79.9. The maximum absolute atomic E-state index is 12.9. The van der Waals surface area contributed by atoms with Crippen molar-refractivity contribution in [2.45, 2.75) is 63.6 Å². The summed E-state index contributed by atoms with van der Waals surface area (Å²) >= 11 is 3.57. The van der Waals surface area contributed by atoms with Crippen LogP contribution in [0.1, 0.15) is 58.8 Å². The summed E-state index contributed by atoms with van der Waals surface area (Å²) in [5.74, 6) is 1.45. The highest BCUT2D eigenvalue weighted by Gasteiger charge is 2.62. The van der Waals surface area contributed by atoms with Gasteiger partial charge in [0, 0.05) is 11.3 Å². The molecule has 6 atom stereocenters.